The number of nitrogens with zero attached hydrogens (tertiary/aromatic N) is 4. The zero-order valence-electron chi connectivity index (χ0n) is 11.3. The predicted molar refractivity (Wildman–Crippen MR) is 73.0 cm³/mol. The van der Waals surface area contributed by atoms with Crippen LogP contribution >= 0.6 is 11.6 Å². The molecule has 0 aliphatic heterocycles. The molecule has 0 spiro atoms. The molecule has 1 heterocycles. The topological polar surface area (TPSA) is 49.3 Å². The van der Waals surface area contributed by atoms with Crippen molar-refractivity contribution >= 4 is 23.3 Å². The second kappa shape index (κ2) is 6.54. The van der Waals surface area contributed by atoms with Gasteiger partial charge in [-0.3, -0.25) is 4.79 Å². The number of carbonyl (C=O) groups excluding carboxylic acids is 1. The summed E-state index contributed by atoms with van der Waals surface area (Å²) in [4.78, 5) is 23.7. The molecule has 100 valence electrons. The molecule has 6 heteroatoms. The highest BCUT2D eigenvalue weighted by molar-refractivity contribution is 6.29. The van der Waals surface area contributed by atoms with Gasteiger partial charge in [-0.2, -0.15) is 0 Å². The maximum absolute atomic E-state index is 11.7. The van der Waals surface area contributed by atoms with E-state index in [-0.39, 0.29) is 5.91 Å². The second-order valence-electron chi connectivity index (χ2n) is 4.12. The largest absolute Gasteiger partial charge is 0.347 e. The highest BCUT2D eigenvalue weighted by Gasteiger charge is 2.14. The third-order valence-electron chi connectivity index (χ3n) is 2.57. The van der Waals surface area contributed by atoms with Gasteiger partial charge in [-0.25, -0.2) is 9.97 Å². The third kappa shape index (κ3) is 3.84. The molecule has 0 aliphatic rings. The number of carbonyl (C=O) groups is 1. The van der Waals surface area contributed by atoms with Crippen LogP contribution in [0.4, 0.5) is 5.82 Å². The summed E-state index contributed by atoms with van der Waals surface area (Å²) in [6.45, 7) is 4.93. The number of hydrogen-bond donors (Lipinski definition) is 0. The molecular formula is C12H19ClN4O. The van der Waals surface area contributed by atoms with Crippen molar-refractivity contribution in [1.29, 1.82) is 0 Å². The Kier molecular flexibility index (Phi) is 5.34. The first kappa shape index (κ1) is 14.7. The average Bonchev–Trinajstić information content (AvgIpc) is 2.34. The number of amides is 1. The fourth-order valence-electron chi connectivity index (χ4n) is 1.43. The van der Waals surface area contributed by atoms with E-state index in [0.717, 1.165) is 0 Å². The summed E-state index contributed by atoms with van der Waals surface area (Å²) >= 11 is 5.96. The number of halogens is 1. The van der Waals surface area contributed by atoms with Crippen LogP contribution in [-0.4, -0.2) is 48.0 Å². The van der Waals surface area contributed by atoms with Crippen LogP contribution in [0.2, 0.25) is 5.15 Å². The van der Waals surface area contributed by atoms with Crippen molar-refractivity contribution < 1.29 is 4.79 Å². The van der Waals surface area contributed by atoms with E-state index in [1.54, 1.807) is 25.1 Å². The third-order valence-corrected chi connectivity index (χ3v) is 2.77. The minimum atomic E-state index is 0.0321. The summed E-state index contributed by atoms with van der Waals surface area (Å²) in [7, 11) is 3.47. The first-order valence-electron chi connectivity index (χ1n) is 5.96. The Morgan fingerprint density at radius 2 is 2.00 bits per heavy atom. The van der Waals surface area contributed by atoms with E-state index in [9.17, 15) is 4.79 Å². The van der Waals surface area contributed by atoms with Crippen LogP contribution in [-0.2, 0) is 11.2 Å². The average molecular weight is 271 g/mol. The van der Waals surface area contributed by atoms with Crippen molar-refractivity contribution in [2.24, 2.45) is 0 Å². The molecule has 0 unspecified atom stereocenters. The van der Waals surface area contributed by atoms with Gasteiger partial charge in [-0.15, -0.1) is 0 Å². The summed E-state index contributed by atoms with van der Waals surface area (Å²) in [6.07, 6.45) is 0.715. The minimum absolute atomic E-state index is 0.0321. The Morgan fingerprint density at radius 3 is 2.50 bits per heavy atom. The quantitative estimate of drug-likeness (QED) is 0.763. The van der Waals surface area contributed by atoms with E-state index >= 15 is 0 Å². The van der Waals surface area contributed by atoms with Crippen LogP contribution in [0.5, 0.6) is 0 Å². The van der Waals surface area contributed by atoms with Gasteiger partial charge in [0.15, 0.2) is 0 Å². The summed E-state index contributed by atoms with van der Waals surface area (Å²) in [5.74, 6) is 1.42. The lowest BCUT2D eigenvalue weighted by atomic mass is 10.4. The maximum Gasteiger partial charge on any atom is 0.241 e. The molecule has 1 aromatic heterocycles. The molecule has 0 aliphatic carbocycles. The molecule has 0 atom stereocenters. The lowest BCUT2D eigenvalue weighted by Crippen LogP contribution is -2.37. The lowest BCUT2D eigenvalue weighted by Gasteiger charge is -2.23. The van der Waals surface area contributed by atoms with Crippen molar-refractivity contribution in [3.63, 3.8) is 0 Å². The molecule has 5 nitrogen and oxygen atoms in total. The first-order valence-corrected chi connectivity index (χ1v) is 6.34. The SMILES string of the molecule is CCc1nc(Cl)cc(N(CC)CC(=O)N(C)C)n1. The molecule has 0 aromatic carbocycles. The molecule has 0 saturated heterocycles. The summed E-state index contributed by atoms with van der Waals surface area (Å²) < 4.78 is 0. The molecule has 0 radical (unpaired) electrons. The van der Waals surface area contributed by atoms with E-state index in [2.05, 4.69) is 9.97 Å². The lowest BCUT2D eigenvalue weighted by molar-refractivity contribution is -0.127. The molecular weight excluding hydrogens is 252 g/mol. The van der Waals surface area contributed by atoms with Crippen LogP contribution < -0.4 is 4.90 Å². The first-order chi connectivity index (χ1) is 8.47. The molecule has 1 aromatic rings. The minimum Gasteiger partial charge on any atom is -0.347 e. The van der Waals surface area contributed by atoms with E-state index in [1.165, 1.54) is 0 Å². The number of aromatic nitrogens is 2. The van der Waals surface area contributed by atoms with Crippen molar-refractivity contribution in [2.75, 3.05) is 32.1 Å². The van der Waals surface area contributed by atoms with Gasteiger partial charge in [-0.05, 0) is 6.92 Å². The molecule has 1 rings (SSSR count). The number of likely N-dealkylation sites (N-methyl/N-ethyl adjacent to an activating group) is 2. The van der Waals surface area contributed by atoms with Crippen molar-refractivity contribution in [3.8, 4) is 0 Å². The molecule has 0 bridgehead atoms. The normalized spacial score (nSPS) is 10.3. The van der Waals surface area contributed by atoms with Crippen LogP contribution in [0.3, 0.4) is 0 Å². The van der Waals surface area contributed by atoms with Gasteiger partial charge in [0.25, 0.3) is 0 Å². The van der Waals surface area contributed by atoms with Gasteiger partial charge >= 0.3 is 0 Å². The van der Waals surface area contributed by atoms with Crippen molar-refractivity contribution in [1.82, 2.24) is 14.9 Å². The second-order valence-corrected chi connectivity index (χ2v) is 4.51. The van der Waals surface area contributed by atoms with Crippen molar-refractivity contribution in [2.45, 2.75) is 20.3 Å². The molecule has 0 saturated carbocycles. The van der Waals surface area contributed by atoms with Crippen LogP contribution in [0.15, 0.2) is 6.07 Å². The highest BCUT2D eigenvalue weighted by atomic mass is 35.5. The fourth-order valence-corrected chi connectivity index (χ4v) is 1.63. The van der Waals surface area contributed by atoms with Gasteiger partial charge in [0.2, 0.25) is 5.91 Å². The van der Waals surface area contributed by atoms with E-state index in [4.69, 9.17) is 11.6 Å². The van der Waals surface area contributed by atoms with Gasteiger partial charge in [0, 0.05) is 33.1 Å². The Labute approximate surface area is 113 Å². The van der Waals surface area contributed by atoms with E-state index in [1.807, 2.05) is 18.7 Å². The highest BCUT2D eigenvalue weighted by Crippen LogP contribution is 2.16. The Bertz CT molecular complexity index is 423. The Morgan fingerprint density at radius 1 is 1.33 bits per heavy atom. The molecule has 0 fully saturated rings. The number of hydrogen-bond acceptors (Lipinski definition) is 4. The van der Waals surface area contributed by atoms with Crippen LogP contribution in [0, 0.1) is 0 Å². The van der Waals surface area contributed by atoms with E-state index < -0.39 is 0 Å². The monoisotopic (exact) mass is 270 g/mol. The molecule has 1 amide bonds. The van der Waals surface area contributed by atoms with Crippen molar-refractivity contribution in [3.05, 3.63) is 17.0 Å². The van der Waals surface area contributed by atoms with Crippen LogP contribution in [0.25, 0.3) is 0 Å². The molecule has 0 N–H and O–H groups in total. The summed E-state index contributed by atoms with van der Waals surface area (Å²) in [5, 5.41) is 0.410. The van der Waals surface area contributed by atoms with Gasteiger partial charge < -0.3 is 9.80 Å². The smallest absolute Gasteiger partial charge is 0.241 e. The zero-order chi connectivity index (χ0) is 13.7. The van der Waals surface area contributed by atoms with Gasteiger partial charge in [0.1, 0.15) is 16.8 Å². The van der Waals surface area contributed by atoms with Gasteiger partial charge in [0.05, 0.1) is 6.54 Å². The van der Waals surface area contributed by atoms with E-state index in [0.29, 0.717) is 36.3 Å². The Hall–Kier alpha value is -1.36. The van der Waals surface area contributed by atoms with Crippen LogP contribution in [0.1, 0.15) is 19.7 Å². The molecule has 18 heavy (non-hydrogen) atoms. The maximum atomic E-state index is 11.7. The number of rotatable bonds is 5. The number of anilines is 1. The fraction of sp³-hybridized carbons (Fsp3) is 0.583. The van der Waals surface area contributed by atoms with Gasteiger partial charge in [-0.1, -0.05) is 18.5 Å². The Balaban J connectivity index is 2.94. The predicted octanol–water partition coefficient (Wildman–Crippen LogP) is 1.61. The number of aryl methyl sites for hydroxylation is 1. The summed E-state index contributed by atoms with van der Waals surface area (Å²) in [5.41, 5.74) is 0. The zero-order valence-corrected chi connectivity index (χ0v) is 12.0. The summed E-state index contributed by atoms with van der Waals surface area (Å²) in [6, 6.07) is 1.69. The standard InChI is InChI=1S/C12H19ClN4O/c1-5-10-14-9(13)7-11(15-10)17(6-2)8-12(18)16(3)4/h7H,5-6,8H2,1-4H3.